The molecule has 5 heteroatoms. The molecule has 1 heterocycles. The van der Waals surface area contributed by atoms with E-state index in [1.54, 1.807) is 20.1 Å². The van der Waals surface area contributed by atoms with Crippen LogP contribution in [0.15, 0.2) is 48.5 Å². The first-order chi connectivity index (χ1) is 13.5. The zero-order valence-electron chi connectivity index (χ0n) is 17.0. The fourth-order valence-electron chi connectivity index (χ4n) is 3.65. The number of carbonyl (C=O) groups excluding carboxylic acids is 1. The van der Waals surface area contributed by atoms with Crippen LogP contribution < -0.4 is 19.5 Å². The maximum atomic E-state index is 12.9. The molecular formula is C23H29NO4. The van der Waals surface area contributed by atoms with Gasteiger partial charge in [0.25, 0.3) is 5.91 Å². The van der Waals surface area contributed by atoms with Crippen molar-refractivity contribution >= 4 is 5.91 Å². The van der Waals surface area contributed by atoms with E-state index >= 15 is 0 Å². The lowest BCUT2D eigenvalue weighted by Gasteiger charge is -2.41. The summed E-state index contributed by atoms with van der Waals surface area (Å²) in [6.45, 7) is 6.02. The van der Waals surface area contributed by atoms with Gasteiger partial charge in [-0.15, -0.1) is 0 Å². The van der Waals surface area contributed by atoms with E-state index in [0.717, 1.165) is 30.6 Å². The van der Waals surface area contributed by atoms with Crippen molar-refractivity contribution < 1.29 is 19.0 Å². The summed E-state index contributed by atoms with van der Waals surface area (Å²) in [6.07, 6.45) is 1.90. The molecule has 1 amide bonds. The standard InChI is InChI=1S/C23H29NO4/c1-5-23(6-2)15-20(19-12-7-8-13-21(19)28-23)24-22(25)16(3)27-18-11-9-10-17(14-18)26-4/h7-14,16,20H,5-6,15H2,1-4H3,(H,24,25)/t16-,20-/m0/s1. The van der Waals surface area contributed by atoms with E-state index in [2.05, 4.69) is 19.2 Å². The Bertz CT molecular complexity index is 816. The predicted molar refractivity (Wildman–Crippen MR) is 109 cm³/mol. The minimum atomic E-state index is -0.625. The van der Waals surface area contributed by atoms with Crippen LogP contribution in [-0.4, -0.2) is 24.7 Å². The fraction of sp³-hybridized carbons (Fsp3) is 0.435. The first kappa shape index (κ1) is 20.1. The van der Waals surface area contributed by atoms with E-state index in [0.29, 0.717) is 11.5 Å². The molecule has 0 fully saturated rings. The summed E-state index contributed by atoms with van der Waals surface area (Å²) in [5, 5.41) is 3.17. The molecule has 1 aliphatic rings. The maximum absolute atomic E-state index is 12.9. The molecule has 0 aliphatic carbocycles. The summed E-state index contributed by atoms with van der Waals surface area (Å²) in [5.41, 5.74) is 0.755. The van der Waals surface area contributed by atoms with Gasteiger partial charge in [-0.2, -0.15) is 0 Å². The van der Waals surface area contributed by atoms with Gasteiger partial charge in [-0.3, -0.25) is 4.79 Å². The predicted octanol–water partition coefficient (Wildman–Crippen LogP) is 4.66. The summed E-state index contributed by atoms with van der Waals surface area (Å²) in [5.74, 6) is 2.00. The monoisotopic (exact) mass is 383 g/mol. The van der Waals surface area contributed by atoms with Crippen LogP contribution in [-0.2, 0) is 4.79 Å². The average Bonchev–Trinajstić information content (AvgIpc) is 2.73. The molecule has 1 N–H and O–H groups in total. The van der Waals surface area contributed by atoms with E-state index in [4.69, 9.17) is 14.2 Å². The fourth-order valence-corrected chi connectivity index (χ4v) is 3.65. The lowest BCUT2D eigenvalue weighted by molar-refractivity contribution is -0.128. The largest absolute Gasteiger partial charge is 0.497 e. The highest BCUT2D eigenvalue weighted by atomic mass is 16.5. The topological polar surface area (TPSA) is 56.8 Å². The molecule has 0 bridgehead atoms. The van der Waals surface area contributed by atoms with Gasteiger partial charge in [0.05, 0.1) is 13.2 Å². The summed E-state index contributed by atoms with van der Waals surface area (Å²) < 4.78 is 17.4. The van der Waals surface area contributed by atoms with Crippen molar-refractivity contribution in [2.45, 2.75) is 57.8 Å². The van der Waals surface area contributed by atoms with Crippen LogP contribution in [0.1, 0.15) is 51.6 Å². The van der Waals surface area contributed by atoms with Crippen molar-refractivity contribution in [3.8, 4) is 17.2 Å². The van der Waals surface area contributed by atoms with Gasteiger partial charge in [0.1, 0.15) is 22.8 Å². The van der Waals surface area contributed by atoms with Crippen LogP contribution in [0.25, 0.3) is 0 Å². The number of hydrogen-bond acceptors (Lipinski definition) is 4. The van der Waals surface area contributed by atoms with Crippen molar-refractivity contribution in [2.24, 2.45) is 0 Å². The Hall–Kier alpha value is -2.69. The van der Waals surface area contributed by atoms with Crippen LogP contribution in [0, 0.1) is 0 Å². The molecule has 2 aromatic rings. The first-order valence-electron chi connectivity index (χ1n) is 9.89. The molecule has 2 aromatic carbocycles. The molecule has 0 spiro atoms. The highest BCUT2D eigenvalue weighted by Crippen LogP contribution is 2.42. The Morgan fingerprint density at radius 3 is 2.61 bits per heavy atom. The number of fused-ring (bicyclic) bond motifs is 1. The second-order valence-corrected chi connectivity index (χ2v) is 7.23. The van der Waals surface area contributed by atoms with Gasteiger partial charge in [-0.1, -0.05) is 38.1 Å². The molecule has 0 saturated heterocycles. The molecule has 0 radical (unpaired) electrons. The van der Waals surface area contributed by atoms with Crippen molar-refractivity contribution in [1.82, 2.24) is 5.32 Å². The lowest BCUT2D eigenvalue weighted by atomic mass is 9.83. The van der Waals surface area contributed by atoms with Crippen LogP contribution in [0.5, 0.6) is 17.2 Å². The molecule has 28 heavy (non-hydrogen) atoms. The van der Waals surface area contributed by atoms with Gasteiger partial charge < -0.3 is 19.5 Å². The second kappa shape index (κ2) is 8.55. The average molecular weight is 383 g/mol. The molecule has 150 valence electrons. The lowest BCUT2D eigenvalue weighted by Crippen LogP contribution is -2.46. The molecule has 2 atom stereocenters. The first-order valence-corrected chi connectivity index (χ1v) is 9.89. The van der Waals surface area contributed by atoms with Crippen molar-refractivity contribution in [1.29, 1.82) is 0 Å². The van der Waals surface area contributed by atoms with E-state index in [9.17, 15) is 4.79 Å². The molecule has 0 unspecified atom stereocenters. The number of methoxy groups -OCH3 is 1. The van der Waals surface area contributed by atoms with E-state index < -0.39 is 6.10 Å². The minimum Gasteiger partial charge on any atom is -0.497 e. The van der Waals surface area contributed by atoms with Crippen LogP contribution in [0.4, 0.5) is 0 Å². The summed E-state index contributed by atoms with van der Waals surface area (Å²) in [7, 11) is 1.60. The highest BCUT2D eigenvalue weighted by Gasteiger charge is 2.39. The zero-order valence-corrected chi connectivity index (χ0v) is 17.0. The van der Waals surface area contributed by atoms with Gasteiger partial charge in [-0.05, 0) is 38.0 Å². The smallest absolute Gasteiger partial charge is 0.261 e. The molecule has 5 nitrogen and oxygen atoms in total. The number of ether oxygens (including phenoxy) is 3. The number of carbonyl (C=O) groups is 1. The summed E-state index contributed by atoms with van der Waals surface area (Å²) in [4.78, 5) is 12.9. The van der Waals surface area contributed by atoms with Gasteiger partial charge in [0.15, 0.2) is 6.10 Å². The van der Waals surface area contributed by atoms with Gasteiger partial charge in [0, 0.05) is 18.1 Å². The Kier molecular flexibility index (Phi) is 6.12. The Morgan fingerprint density at radius 2 is 1.89 bits per heavy atom. The van der Waals surface area contributed by atoms with Crippen LogP contribution in [0.3, 0.4) is 0 Å². The van der Waals surface area contributed by atoms with Gasteiger partial charge >= 0.3 is 0 Å². The Labute approximate surface area is 167 Å². The summed E-state index contributed by atoms with van der Waals surface area (Å²) >= 11 is 0. The highest BCUT2D eigenvalue weighted by molar-refractivity contribution is 5.81. The maximum Gasteiger partial charge on any atom is 0.261 e. The number of amides is 1. The van der Waals surface area contributed by atoms with Crippen molar-refractivity contribution in [2.75, 3.05) is 7.11 Å². The zero-order chi connectivity index (χ0) is 20.1. The molecule has 1 aliphatic heterocycles. The third-order valence-electron chi connectivity index (χ3n) is 5.53. The van der Waals surface area contributed by atoms with Gasteiger partial charge in [-0.25, -0.2) is 0 Å². The number of hydrogen-bond donors (Lipinski definition) is 1. The second-order valence-electron chi connectivity index (χ2n) is 7.23. The number of para-hydroxylation sites is 1. The molecule has 0 aromatic heterocycles. The minimum absolute atomic E-state index is 0.103. The number of rotatable bonds is 7. The van der Waals surface area contributed by atoms with Crippen molar-refractivity contribution in [3.05, 3.63) is 54.1 Å². The van der Waals surface area contributed by atoms with E-state index in [1.807, 2.05) is 42.5 Å². The third kappa shape index (κ3) is 4.24. The number of benzene rings is 2. The third-order valence-corrected chi connectivity index (χ3v) is 5.53. The summed E-state index contributed by atoms with van der Waals surface area (Å²) in [6, 6.07) is 15.1. The van der Waals surface area contributed by atoms with Gasteiger partial charge in [0.2, 0.25) is 0 Å². The molecule has 0 saturated carbocycles. The van der Waals surface area contributed by atoms with E-state index in [1.165, 1.54) is 0 Å². The van der Waals surface area contributed by atoms with E-state index in [-0.39, 0.29) is 17.6 Å². The van der Waals surface area contributed by atoms with Crippen LogP contribution >= 0.6 is 0 Å². The molecular weight excluding hydrogens is 354 g/mol. The van der Waals surface area contributed by atoms with Crippen molar-refractivity contribution in [3.63, 3.8) is 0 Å². The Morgan fingerprint density at radius 1 is 1.18 bits per heavy atom. The number of nitrogens with one attached hydrogen (secondary N) is 1. The SMILES string of the molecule is CCC1(CC)C[C@H](NC(=O)[C@H](C)Oc2cccc(OC)c2)c2ccccc2O1. The normalized spacial score (nSPS) is 18.4. The Balaban J connectivity index is 1.74. The quantitative estimate of drug-likeness (QED) is 0.755. The molecule has 3 rings (SSSR count). The van der Waals surface area contributed by atoms with Crippen LogP contribution in [0.2, 0.25) is 0 Å².